The van der Waals surface area contributed by atoms with Crippen molar-refractivity contribution in [2.75, 3.05) is 5.32 Å². The third kappa shape index (κ3) is 4.77. The maximum atomic E-state index is 12.7. The first kappa shape index (κ1) is 20.7. The number of ether oxygens (including phenoxy) is 1. The molecule has 1 atom stereocenters. The number of amides is 1. The summed E-state index contributed by atoms with van der Waals surface area (Å²) < 4.78 is 6.05. The minimum absolute atomic E-state index is 0.119. The highest BCUT2D eigenvalue weighted by Gasteiger charge is 2.24. The molecule has 0 saturated carbocycles. The van der Waals surface area contributed by atoms with Gasteiger partial charge in [0.15, 0.2) is 5.78 Å². The molecule has 31 heavy (non-hydrogen) atoms. The fourth-order valence-corrected chi connectivity index (χ4v) is 3.92. The van der Waals surface area contributed by atoms with Gasteiger partial charge in [-0.1, -0.05) is 36.4 Å². The third-order valence-corrected chi connectivity index (χ3v) is 5.56. The molecule has 5 heteroatoms. The summed E-state index contributed by atoms with van der Waals surface area (Å²) in [6.07, 6.45) is 3.91. The number of hydrogen-bond donors (Lipinski definition) is 2. The second-order valence-corrected chi connectivity index (χ2v) is 7.86. The molecule has 158 valence electrons. The first-order chi connectivity index (χ1) is 15.0. The second-order valence-electron chi connectivity index (χ2n) is 7.86. The molecule has 1 heterocycles. The predicted molar refractivity (Wildman–Crippen MR) is 120 cm³/mol. The number of aryl methyl sites for hydroxylation is 1. The van der Waals surface area contributed by atoms with Gasteiger partial charge in [-0.3, -0.25) is 9.59 Å². The molecule has 0 aliphatic carbocycles. The van der Waals surface area contributed by atoms with Crippen molar-refractivity contribution >= 4 is 17.4 Å². The van der Waals surface area contributed by atoms with E-state index in [0.717, 1.165) is 37.0 Å². The number of anilines is 1. The molecule has 1 unspecified atom stereocenters. The normalized spacial score (nSPS) is 14.5. The quantitative estimate of drug-likeness (QED) is 0.412. The Balaban J connectivity index is 1.38. The van der Waals surface area contributed by atoms with Gasteiger partial charge in [0, 0.05) is 12.0 Å². The van der Waals surface area contributed by atoms with Crippen LogP contribution < -0.4 is 10.1 Å². The van der Waals surface area contributed by atoms with Crippen LogP contribution in [0.2, 0.25) is 0 Å². The van der Waals surface area contributed by atoms with Crippen molar-refractivity contribution < 1.29 is 19.4 Å². The van der Waals surface area contributed by atoms with E-state index in [4.69, 9.17) is 4.74 Å². The number of aromatic hydroxyl groups is 1. The van der Waals surface area contributed by atoms with Gasteiger partial charge < -0.3 is 15.2 Å². The van der Waals surface area contributed by atoms with Crippen LogP contribution in [0, 0.1) is 0 Å². The summed E-state index contributed by atoms with van der Waals surface area (Å²) in [5.74, 6) is 0.00178. The van der Waals surface area contributed by atoms with Gasteiger partial charge in [0.1, 0.15) is 17.6 Å². The van der Waals surface area contributed by atoms with Crippen LogP contribution in [0.3, 0.4) is 0 Å². The average molecular weight is 415 g/mol. The topological polar surface area (TPSA) is 75.6 Å². The zero-order valence-corrected chi connectivity index (χ0v) is 17.4. The predicted octanol–water partition coefficient (Wildman–Crippen LogP) is 5.17. The monoisotopic (exact) mass is 415 g/mol. The molecule has 1 aliphatic rings. The Morgan fingerprint density at radius 2 is 1.87 bits per heavy atom. The lowest BCUT2D eigenvalue weighted by molar-refractivity contribution is 0.100. The number of para-hydroxylation sites is 1. The smallest absolute Gasteiger partial charge is 0.255 e. The highest BCUT2D eigenvalue weighted by molar-refractivity contribution is 6.07. The molecular weight excluding hydrogens is 390 g/mol. The Labute approximate surface area is 181 Å². The Morgan fingerprint density at radius 1 is 1.06 bits per heavy atom. The van der Waals surface area contributed by atoms with Crippen LogP contribution in [-0.4, -0.2) is 22.9 Å². The van der Waals surface area contributed by atoms with E-state index in [9.17, 15) is 14.7 Å². The summed E-state index contributed by atoms with van der Waals surface area (Å²) in [6, 6.07) is 20.5. The molecule has 5 nitrogen and oxygen atoms in total. The van der Waals surface area contributed by atoms with E-state index in [1.165, 1.54) is 18.6 Å². The Kier molecular flexibility index (Phi) is 6.03. The first-order valence-corrected chi connectivity index (χ1v) is 10.5. The lowest BCUT2D eigenvalue weighted by Gasteiger charge is -2.10. The van der Waals surface area contributed by atoms with E-state index in [2.05, 4.69) is 29.6 Å². The minimum Gasteiger partial charge on any atom is -0.505 e. The number of phenolic OH excluding ortho intramolecular Hbond substituents is 1. The first-order valence-electron chi connectivity index (χ1n) is 10.5. The van der Waals surface area contributed by atoms with Gasteiger partial charge >= 0.3 is 0 Å². The van der Waals surface area contributed by atoms with Crippen molar-refractivity contribution in [1.29, 1.82) is 0 Å². The fraction of sp³-hybridized carbons (Fsp3) is 0.231. The summed E-state index contributed by atoms with van der Waals surface area (Å²) >= 11 is 0. The molecule has 0 saturated heterocycles. The van der Waals surface area contributed by atoms with Crippen molar-refractivity contribution in [3.05, 3.63) is 89.0 Å². The van der Waals surface area contributed by atoms with Crippen molar-refractivity contribution in [2.45, 2.75) is 38.7 Å². The Morgan fingerprint density at radius 3 is 2.65 bits per heavy atom. The fourth-order valence-electron chi connectivity index (χ4n) is 3.92. The van der Waals surface area contributed by atoms with Crippen molar-refractivity contribution in [3.63, 3.8) is 0 Å². The molecule has 0 bridgehead atoms. The molecule has 1 aliphatic heterocycles. The summed E-state index contributed by atoms with van der Waals surface area (Å²) in [6.45, 7) is 1.37. The number of nitrogens with one attached hydrogen (secondary N) is 1. The van der Waals surface area contributed by atoms with E-state index in [-0.39, 0.29) is 34.8 Å². The second kappa shape index (κ2) is 9.04. The van der Waals surface area contributed by atoms with Gasteiger partial charge in [0.2, 0.25) is 0 Å². The molecule has 0 spiro atoms. The number of fused-ring (bicyclic) bond motifs is 1. The average Bonchev–Trinajstić information content (AvgIpc) is 3.17. The molecular formula is C26H25NO4. The van der Waals surface area contributed by atoms with Crippen LogP contribution in [0.1, 0.15) is 51.6 Å². The SMILES string of the molecule is CC(=O)c1cccc(NC(=O)c2ccc3c(c2)CC(CCCc2ccccc2)O3)c1O. The molecule has 0 fully saturated rings. The summed E-state index contributed by atoms with van der Waals surface area (Å²) in [5, 5.41) is 12.9. The number of carbonyl (C=O) groups is 2. The summed E-state index contributed by atoms with van der Waals surface area (Å²) in [4.78, 5) is 24.3. The largest absolute Gasteiger partial charge is 0.505 e. The molecule has 0 aromatic heterocycles. The molecule has 3 aromatic rings. The van der Waals surface area contributed by atoms with Crippen LogP contribution in [0.25, 0.3) is 0 Å². The molecule has 4 rings (SSSR count). The zero-order valence-electron chi connectivity index (χ0n) is 17.4. The van der Waals surface area contributed by atoms with Gasteiger partial charge in [-0.25, -0.2) is 0 Å². The van der Waals surface area contributed by atoms with E-state index in [0.29, 0.717) is 5.56 Å². The molecule has 3 aromatic carbocycles. The van der Waals surface area contributed by atoms with Crippen molar-refractivity contribution in [3.8, 4) is 11.5 Å². The van der Waals surface area contributed by atoms with Gasteiger partial charge in [-0.15, -0.1) is 0 Å². The summed E-state index contributed by atoms with van der Waals surface area (Å²) in [5.41, 5.74) is 3.22. The number of rotatable bonds is 7. The number of ketones is 1. The van der Waals surface area contributed by atoms with E-state index in [1.54, 1.807) is 18.2 Å². The lowest BCUT2D eigenvalue weighted by atomic mass is 10.0. The lowest BCUT2D eigenvalue weighted by Crippen LogP contribution is -2.13. The van der Waals surface area contributed by atoms with Gasteiger partial charge in [0.05, 0.1) is 11.3 Å². The standard InChI is InChI=1S/C26H25NO4/c1-17(28)22-11-6-12-23(25(22)29)27-26(30)19-13-14-24-20(15-19)16-21(31-24)10-5-9-18-7-3-2-4-8-18/h2-4,6-8,11-15,21,29H,5,9-10,16H2,1H3,(H,27,30). The van der Waals surface area contributed by atoms with E-state index >= 15 is 0 Å². The maximum Gasteiger partial charge on any atom is 0.255 e. The Hall–Kier alpha value is -3.60. The molecule has 1 amide bonds. The molecule has 2 N–H and O–H groups in total. The number of phenols is 1. The zero-order chi connectivity index (χ0) is 21.8. The van der Waals surface area contributed by atoms with Crippen LogP contribution >= 0.6 is 0 Å². The van der Waals surface area contributed by atoms with E-state index < -0.39 is 0 Å². The van der Waals surface area contributed by atoms with Gasteiger partial charge in [-0.05, 0) is 67.6 Å². The van der Waals surface area contributed by atoms with Gasteiger partial charge in [-0.2, -0.15) is 0 Å². The number of benzene rings is 3. The van der Waals surface area contributed by atoms with Crippen LogP contribution in [0.5, 0.6) is 11.5 Å². The van der Waals surface area contributed by atoms with Crippen LogP contribution in [0.15, 0.2) is 66.7 Å². The highest BCUT2D eigenvalue weighted by atomic mass is 16.5. The van der Waals surface area contributed by atoms with Crippen LogP contribution in [0.4, 0.5) is 5.69 Å². The third-order valence-electron chi connectivity index (χ3n) is 5.56. The Bertz CT molecular complexity index is 1110. The number of hydrogen-bond acceptors (Lipinski definition) is 4. The molecule has 0 radical (unpaired) electrons. The van der Waals surface area contributed by atoms with E-state index in [1.807, 2.05) is 18.2 Å². The number of Topliss-reactive ketones (excluding diaryl/α,β-unsaturated/α-hetero) is 1. The number of carbonyl (C=O) groups excluding carboxylic acids is 2. The van der Waals surface area contributed by atoms with Crippen LogP contribution in [-0.2, 0) is 12.8 Å². The van der Waals surface area contributed by atoms with Gasteiger partial charge in [0.25, 0.3) is 5.91 Å². The minimum atomic E-state index is -0.341. The maximum absolute atomic E-state index is 12.7. The summed E-state index contributed by atoms with van der Waals surface area (Å²) in [7, 11) is 0. The highest BCUT2D eigenvalue weighted by Crippen LogP contribution is 2.32. The van der Waals surface area contributed by atoms with Crippen molar-refractivity contribution in [2.24, 2.45) is 0 Å². The van der Waals surface area contributed by atoms with Crippen molar-refractivity contribution in [1.82, 2.24) is 0 Å².